The molecule has 1 saturated heterocycles. The molecule has 14 heavy (non-hydrogen) atoms. The Hall–Kier alpha value is -1.51. The van der Waals surface area contributed by atoms with Gasteiger partial charge in [0.25, 0.3) is 0 Å². The van der Waals surface area contributed by atoms with Crippen molar-refractivity contribution in [3.05, 3.63) is 30.3 Å². The molecular formula is C11H13NO2. The topological polar surface area (TPSA) is 29.5 Å². The lowest BCUT2D eigenvalue weighted by atomic mass is 10.1. The normalized spacial score (nSPS) is 21.9. The molecule has 1 atom stereocenters. The molecule has 3 nitrogen and oxygen atoms in total. The summed E-state index contributed by atoms with van der Waals surface area (Å²) >= 11 is 0. The Labute approximate surface area is 83.3 Å². The Morgan fingerprint density at radius 3 is 2.79 bits per heavy atom. The van der Waals surface area contributed by atoms with E-state index in [1.807, 2.05) is 30.3 Å². The monoisotopic (exact) mass is 191 g/mol. The van der Waals surface area contributed by atoms with Gasteiger partial charge in [0.2, 0.25) is 0 Å². The van der Waals surface area contributed by atoms with E-state index in [0.717, 1.165) is 12.2 Å². The van der Waals surface area contributed by atoms with Gasteiger partial charge in [-0.15, -0.1) is 0 Å². The van der Waals surface area contributed by atoms with Crippen LogP contribution in [-0.4, -0.2) is 19.2 Å². The molecule has 1 aliphatic rings. The summed E-state index contributed by atoms with van der Waals surface area (Å²) in [6.45, 7) is 3.34. The molecule has 1 amide bonds. The van der Waals surface area contributed by atoms with Gasteiger partial charge in [-0.1, -0.05) is 25.1 Å². The average Bonchev–Trinajstić information content (AvgIpc) is 2.23. The van der Waals surface area contributed by atoms with Crippen LogP contribution in [0.25, 0.3) is 0 Å². The molecule has 2 rings (SSSR count). The van der Waals surface area contributed by atoms with Crippen molar-refractivity contribution in [2.24, 2.45) is 5.92 Å². The van der Waals surface area contributed by atoms with Crippen molar-refractivity contribution in [3.63, 3.8) is 0 Å². The fraction of sp³-hybridized carbons (Fsp3) is 0.364. The van der Waals surface area contributed by atoms with E-state index in [1.165, 1.54) is 0 Å². The highest BCUT2D eigenvalue weighted by atomic mass is 16.6. The van der Waals surface area contributed by atoms with Crippen molar-refractivity contribution in [1.82, 2.24) is 0 Å². The standard InChI is InChI=1S/C11H13NO2/c1-9-7-12(11(13)14-8-9)10-5-3-2-4-6-10/h2-6,9H,7-8H2,1H3. The maximum atomic E-state index is 11.4. The van der Waals surface area contributed by atoms with Crippen molar-refractivity contribution < 1.29 is 9.53 Å². The van der Waals surface area contributed by atoms with Gasteiger partial charge >= 0.3 is 6.09 Å². The summed E-state index contributed by atoms with van der Waals surface area (Å²) in [6, 6.07) is 9.60. The zero-order valence-corrected chi connectivity index (χ0v) is 8.14. The molecule has 0 saturated carbocycles. The molecule has 3 heteroatoms. The Morgan fingerprint density at radius 2 is 2.07 bits per heavy atom. The van der Waals surface area contributed by atoms with Gasteiger partial charge in [0.05, 0.1) is 6.61 Å². The number of hydrogen-bond donors (Lipinski definition) is 0. The molecule has 1 aliphatic heterocycles. The minimum atomic E-state index is -0.241. The number of amides is 1. The van der Waals surface area contributed by atoms with Gasteiger partial charge in [-0.05, 0) is 12.1 Å². The van der Waals surface area contributed by atoms with Crippen LogP contribution in [0.2, 0.25) is 0 Å². The molecule has 1 aromatic carbocycles. The molecule has 0 radical (unpaired) electrons. The van der Waals surface area contributed by atoms with Crippen molar-refractivity contribution in [2.45, 2.75) is 6.92 Å². The summed E-state index contributed by atoms with van der Waals surface area (Å²) < 4.78 is 5.04. The van der Waals surface area contributed by atoms with Crippen LogP contribution in [0.3, 0.4) is 0 Å². The maximum Gasteiger partial charge on any atom is 0.414 e. The second-order valence-corrected chi connectivity index (χ2v) is 3.63. The third-order valence-corrected chi connectivity index (χ3v) is 2.27. The fourth-order valence-corrected chi connectivity index (χ4v) is 1.55. The fourth-order valence-electron chi connectivity index (χ4n) is 1.55. The maximum absolute atomic E-state index is 11.4. The number of para-hydroxylation sites is 1. The van der Waals surface area contributed by atoms with Gasteiger partial charge in [0.1, 0.15) is 0 Å². The number of nitrogens with zero attached hydrogens (tertiary/aromatic N) is 1. The predicted molar refractivity (Wildman–Crippen MR) is 54.3 cm³/mol. The quantitative estimate of drug-likeness (QED) is 0.681. The van der Waals surface area contributed by atoms with Crippen molar-refractivity contribution in [1.29, 1.82) is 0 Å². The van der Waals surface area contributed by atoms with Crippen LogP contribution in [0.15, 0.2) is 30.3 Å². The van der Waals surface area contributed by atoms with Gasteiger partial charge in [-0.3, -0.25) is 4.90 Å². The van der Waals surface area contributed by atoms with E-state index in [0.29, 0.717) is 12.5 Å². The molecule has 1 aromatic rings. The zero-order valence-electron chi connectivity index (χ0n) is 8.14. The summed E-state index contributed by atoms with van der Waals surface area (Å²) in [7, 11) is 0. The second kappa shape index (κ2) is 3.70. The first kappa shape index (κ1) is 9.06. The van der Waals surface area contributed by atoms with Gasteiger partial charge in [0, 0.05) is 18.2 Å². The SMILES string of the molecule is CC1COC(=O)N(c2ccccc2)C1. The number of ether oxygens (including phenoxy) is 1. The Bertz CT molecular complexity index is 323. The molecule has 1 heterocycles. The van der Waals surface area contributed by atoms with E-state index in [1.54, 1.807) is 4.90 Å². The largest absolute Gasteiger partial charge is 0.449 e. The van der Waals surface area contributed by atoms with Crippen LogP contribution in [-0.2, 0) is 4.74 Å². The summed E-state index contributed by atoms with van der Waals surface area (Å²) in [4.78, 5) is 13.1. The molecule has 0 aliphatic carbocycles. The molecule has 1 fully saturated rings. The predicted octanol–water partition coefficient (Wildman–Crippen LogP) is 2.28. The van der Waals surface area contributed by atoms with E-state index < -0.39 is 0 Å². The Morgan fingerprint density at radius 1 is 1.36 bits per heavy atom. The van der Waals surface area contributed by atoms with E-state index >= 15 is 0 Å². The molecule has 0 spiro atoms. The van der Waals surface area contributed by atoms with Gasteiger partial charge in [0.15, 0.2) is 0 Å². The Kier molecular flexibility index (Phi) is 2.39. The lowest BCUT2D eigenvalue weighted by molar-refractivity contribution is 0.119. The number of hydrogen-bond acceptors (Lipinski definition) is 2. The van der Waals surface area contributed by atoms with Crippen molar-refractivity contribution in [3.8, 4) is 0 Å². The number of carbonyl (C=O) groups excluding carboxylic acids is 1. The van der Waals surface area contributed by atoms with Crippen LogP contribution in [0.1, 0.15) is 6.92 Å². The highest BCUT2D eigenvalue weighted by Gasteiger charge is 2.25. The van der Waals surface area contributed by atoms with Crippen LogP contribution in [0.5, 0.6) is 0 Å². The zero-order chi connectivity index (χ0) is 9.97. The smallest absolute Gasteiger partial charge is 0.414 e. The summed E-state index contributed by atoms with van der Waals surface area (Å²) in [5.41, 5.74) is 0.907. The van der Waals surface area contributed by atoms with Crippen molar-refractivity contribution >= 4 is 11.8 Å². The number of cyclic esters (lactones) is 1. The average molecular weight is 191 g/mol. The van der Waals surface area contributed by atoms with E-state index in [9.17, 15) is 4.79 Å². The molecular weight excluding hydrogens is 178 g/mol. The third kappa shape index (κ3) is 1.71. The van der Waals surface area contributed by atoms with Crippen LogP contribution in [0, 0.1) is 5.92 Å². The third-order valence-electron chi connectivity index (χ3n) is 2.27. The van der Waals surface area contributed by atoms with Gasteiger partial charge in [-0.25, -0.2) is 4.79 Å². The van der Waals surface area contributed by atoms with E-state index in [4.69, 9.17) is 4.74 Å². The Balaban J connectivity index is 2.20. The van der Waals surface area contributed by atoms with Crippen LogP contribution < -0.4 is 4.90 Å². The first-order chi connectivity index (χ1) is 6.77. The van der Waals surface area contributed by atoms with Gasteiger partial charge in [-0.2, -0.15) is 0 Å². The van der Waals surface area contributed by atoms with Crippen molar-refractivity contribution in [2.75, 3.05) is 18.1 Å². The number of anilines is 1. The van der Waals surface area contributed by atoms with E-state index in [2.05, 4.69) is 6.92 Å². The summed E-state index contributed by atoms with van der Waals surface area (Å²) in [6.07, 6.45) is -0.241. The number of benzene rings is 1. The second-order valence-electron chi connectivity index (χ2n) is 3.63. The number of rotatable bonds is 1. The lowest BCUT2D eigenvalue weighted by Gasteiger charge is -2.30. The molecule has 0 bridgehead atoms. The minimum Gasteiger partial charge on any atom is -0.449 e. The first-order valence-electron chi connectivity index (χ1n) is 4.76. The highest BCUT2D eigenvalue weighted by molar-refractivity contribution is 5.88. The lowest BCUT2D eigenvalue weighted by Crippen LogP contribution is -2.42. The first-order valence-corrected chi connectivity index (χ1v) is 4.76. The summed E-state index contributed by atoms with van der Waals surface area (Å²) in [5, 5.41) is 0. The highest BCUT2D eigenvalue weighted by Crippen LogP contribution is 2.19. The molecule has 0 N–H and O–H groups in total. The van der Waals surface area contributed by atoms with Crippen LogP contribution in [0.4, 0.5) is 10.5 Å². The minimum absolute atomic E-state index is 0.241. The molecule has 1 unspecified atom stereocenters. The van der Waals surface area contributed by atoms with Gasteiger partial charge < -0.3 is 4.74 Å². The number of carbonyl (C=O) groups is 1. The van der Waals surface area contributed by atoms with Crippen LogP contribution >= 0.6 is 0 Å². The van der Waals surface area contributed by atoms with E-state index in [-0.39, 0.29) is 6.09 Å². The summed E-state index contributed by atoms with van der Waals surface area (Å²) in [5.74, 6) is 0.396. The molecule has 0 aromatic heterocycles. The molecule has 74 valence electrons.